The molecule has 1 aromatic carbocycles. The molecule has 11 heteroatoms. The zero-order chi connectivity index (χ0) is 25.8. The summed E-state index contributed by atoms with van der Waals surface area (Å²) < 4.78 is 29.6. The molecule has 0 radical (unpaired) electrons. The first kappa shape index (κ1) is 24.3. The number of amides is 1. The van der Waals surface area contributed by atoms with Crippen molar-refractivity contribution in [3.63, 3.8) is 0 Å². The largest absolute Gasteiger partial charge is 0.493 e. The molecule has 1 N–H and O–H groups in total. The molecule has 0 saturated carbocycles. The Labute approximate surface area is 213 Å². The van der Waals surface area contributed by atoms with E-state index in [2.05, 4.69) is 20.4 Å². The van der Waals surface area contributed by atoms with Gasteiger partial charge in [0.25, 0.3) is 5.91 Å². The van der Waals surface area contributed by atoms with Crippen LogP contribution in [0, 0.1) is 0 Å². The van der Waals surface area contributed by atoms with Gasteiger partial charge in [0.05, 0.1) is 51.4 Å². The maximum Gasteiger partial charge on any atom is 0.278 e. The lowest BCUT2D eigenvalue weighted by Gasteiger charge is -2.26. The third kappa shape index (κ3) is 5.12. The average Bonchev–Trinajstić information content (AvgIpc) is 3.29. The second kappa shape index (κ2) is 10.7. The van der Waals surface area contributed by atoms with Gasteiger partial charge >= 0.3 is 0 Å². The van der Waals surface area contributed by atoms with E-state index in [-0.39, 0.29) is 12.0 Å². The number of nitrogens with zero attached hydrogens (tertiary/aromatic N) is 4. The Morgan fingerprint density at radius 3 is 2.57 bits per heavy atom. The highest BCUT2D eigenvalue weighted by Gasteiger charge is 2.25. The van der Waals surface area contributed by atoms with Crippen molar-refractivity contribution < 1.29 is 28.5 Å². The predicted molar refractivity (Wildman–Crippen MR) is 135 cm³/mol. The van der Waals surface area contributed by atoms with Gasteiger partial charge in [-0.25, -0.2) is 4.98 Å². The summed E-state index contributed by atoms with van der Waals surface area (Å²) in [5, 5.41) is 7.88. The van der Waals surface area contributed by atoms with Crippen LogP contribution < -0.4 is 24.3 Å². The second-order valence-corrected chi connectivity index (χ2v) is 8.22. The van der Waals surface area contributed by atoms with E-state index in [1.165, 1.54) is 6.20 Å². The molecule has 37 heavy (non-hydrogen) atoms. The molecule has 1 aliphatic rings. The van der Waals surface area contributed by atoms with Gasteiger partial charge in [-0.2, -0.15) is 5.10 Å². The molecule has 11 nitrogen and oxygen atoms in total. The second-order valence-electron chi connectivity index (χ2n) is 8.22. The number of hydrogen-bond acceptors (Lipinski definition) is 9. The third-order valence-electron chi connectivity index (χ3n) is 5.90. The van der Waals surface area contributed by atoms with E-state index in [4.69, 9.17) is 23.7 Å². The van der Waals surface area contributed by atoms with E-state index in [9.17, 15) is 4.79 Å². The fourth-order valence-electron chi connectivity index (χ4n) is 3.97. The summed E-state index contributed by atoms with van der Waals surface area (Å²) in [7, 11) is 3.15. The summed E-state index contributed by atoms with van der Waals surface area (Å²) in [5.74, 6) is 2.61. The van der Waals surface area contributed by atoms with E-state index in [0.717, 1.165) is 18.4 Å². The van der Waals surface area contributed by atoms with Crippen molar-refractivity contribution >= 4 is 22.6 Å². The quantitative estimate of drug-likeness (QED) is 0.340. The smallest absolute Gasteiger partial charge is 0.278 e. The van der Waals surface area contributed by atoms with Gasteiger partial charge in [-0.15, -0.1) is 0 Å². The van der Waals surface area contributed by atoms with Crippen molar-refractivity contribution in [2.24, 2.45) is 0 Å². The van der Waals surface area contributed by atoms with Crippen molar-refractivity contribution in [3.8, 4) is 28.7 Å². The maximum atomic E-state index is 13.1. The number of carbonyl (C=O) groups is 1. The molecule has 0 aliphatic carbocycles. The Morgan fingerprint density at radius 2 is 1.89 bits per heavy atom. The van der Waals surface area contributed by atoms with Crippen molar-refractivity contribution in [3.05, 3.63) is 54.6 Å². The minimum Gasteiger partial charge on any atom is -0.493 e. The summed E-state index contributed by atoms with van der Waals surface area (Å²) in [6.45, 7) is 3.47. The molecule has 4 heterocycles. The number of nitrogens with one attached hydrogen (secondary N) is 1. The minimum absolute atomic E-state index is 0.0424. The number of carbonyl (C=O) groups excluding carboxylic acids is 1. The zero-order valence-corrected chi connectivity index (χ0v) is 20.8. The maximum absolute atomic E-state index is 13.1. The number of pyridine rings is 2. The molecular weight excluding hydrogens is 478 g/mol. The third-order valence-corrected chi connectivity index (χ3v) is 5.90. The number of aromatic nitrogens is 4. The Balaban J connectivity index is 1.33. The van der Waals surface area contributed by atoms with Gasteiger partial charge in [-0.3, -0.25) is 14.5 Å². The highest BCUT2D eigenvalue weighted by atomic mass is 16.5. The molecule has 5 rings (SSSR count). The molecule has 1 aliphatic heterocycles. The molecule has 4 aromatic rings. The van der Waals surface area contributed by atoms with E-state index in [1.807, 2.05) is 13.0 Å². The minimum atomic E-state index is -0.373. The number of anilines is 1. The predicted octanol–water partition coefficient (Wildman–Crippen LogP) is 4.08. The molecule has 0 spiro atoms. The van der Waals surface area contributed by atoms with Crippen LogP contribution in [0.15, 0.2) is 48.9 Å². The van der Waals surface area contributed by atoms with E-state index >= 15 is 0 Å². The number of rotatable bonds is 10. The Morgan fingerprint density at radius 1 is 1.08 bits per heavy atom. The number of methoxy groups -OCH3 is 2. The molecule has 0 bridgehead atoms. The summed E-state index contributed by atoms with van der Waals surface area (Å²) in [4.78, 5) is 21.9. The van der Waals surface area contributed by atoms with Gasteiger partial charge in [0, 0.05) is 24.3 Å². The fourth-order valence-corrected chi connectivity index (χ4v) is 3.97. The van der Waals surface area contributed by atoms with E-state index in [1.54, 1.807) is 55.6 Å². The van der Waals surface area contributed by atoms with Crippen molar-refractivity contribution in [1.82, 2.24) is 19.7 Å². The lowest BCUT2D eigenvalue weighted by atomic mass is 10.2. The fraction of sp³-hybridized carbons (Fsp3) is 0.308. The summed E-state index contributed by atoms with van der Waals surface area (Å²) in [5.41, 5.74) is 1.02. The van der Waals surface area contributed by atoms with Crippen LogP contribution in [-0.2, 0) is 11.3 Å². The Kier molecular flexibility index (Phi) is 7.04. The van der Waals surface area contributed by atoms with Crippen molar-refractivity contribution in [2.45, 2.75) is 26.0 Å². The molecule has 192 valence electrons. The SMILES string of the molecule is CCOc1cnn(CC2CCO2)c1C(=O)Nc1ccc(Oc2ccnc3cc(OC)c(OC)cc23)cn1. The van der Waals surface area contributed by atoms with Gasteiger partial charge in [0.1, 0.15) is 17.3 Å². The highest BCUT2D eigenvalue weighted by molar-refractivity contribution is 6.04. The van der Waals surface area contributed by atoms with Gasteiger partial charge < -0.3 is 29.0 Å². The highest BCUT2D eigenvalue weighted by Crippen LogP contribution is 2.36. The summed E-state index contributed by atoms with van der Waals surface area (Å²) in [6, 6.07) is 8.74. The summed E-state index contributed by atoms with van der Waals surface area (Å²) >= 11 is 0. The zero-order valence-electron chi connectivity index (χ0n) is 20.8. The standard InChI is InChI=1S/C26H27N5O6/c1-4-35-23-14-29-31(15-17-8-10-36-17)25(23)26(32)30-24-6-5-16(13-28-24)37-20-7-9-27-19-12-22(34-3)21(33-2)11-18(19)20/h5-7,9,11-14,17H,4,8,10,15H2,1-3H3,(H,28,30,32). The average molecular weight is 506 g/mol. The normalized spacial score (nSPS) is 14.6. The number of hydrogen-bond donors (Lipinski definition) is 1. The van der Waals surface area contributed by atoms with Crippen molar-refractivity contribution in [2.75, 3.05) is 32.8 Å². The molecule has 1 saturated heterocycles. The molecular formula is C26H27N5O6. The van der Waals surface area contributed by atoms with Crippen LogP contribution >= 0.6 is 0 Å². The summed E-state index contributed by atoms with van der Waals surface area (Å²) in [6.07, 6.45) is 5.71. The first-order valence-corrected chi connectivity index (χ1v) is 11.9. The molecule has 1 amide bonds. The van der Waals surface area contributed by atoms with Crippen LogP contribution in [0.2, 0.25) is 0 Å². The number of benzene rings is 1. The van der Waals surface area contributed by atoms with Gasteiger partial charge in [0.15, 0.2) is 22.9 Å². The van der Waals surface area contributed by atoms with E-state index in [0.29, 0.717) is 58.9 Å². The van der Waals surface area contributed by atoms with Crippen LogP contribution in [0.3, 0.4) is 0 Å². The van der Waals surface area contributed by atoms with Crippen molar-refractivity contribution in [1.29, 1.82) is 0 Å². The van der Waals surface area contributed by atoms with Crippen LogP contribution in [0.4, 0.5) is 5.82 Å². The van der Waals surface area contributed by atoms with Gasteiger partial charge in [-0.05, 0) is 37.6 Å². The topological polar surface area (TPSA) is 119 Å². The Hall–Kier alpha value is -4.38. The lowest BCUT2D eigenvalue weighted by molar-refractivity contribution is -0.0611. The number of fused-ring (bicyclic) bond motifs is 1. The Bertz CT molecular complexity index is 1400. The number of ether oxygens (including phenoxy) is 5. The van der Waals surface area contributed by atoms with Crippen LogP contribution in [0.25, 0.3) is 10.9 Å². The molecule has 1 unspecified atom stereocenters. The monoisotopic (exact) mass is 505 g/mol. The van der Waals surface area contributed by atoms with Crippen LogP contribution in [0.5, 0.6) is 28.7 Å². The molecule has 1 atom stereocenters. The van der Waals surface area contributed by atoms with Gasteiger partial charge in [0.2, 0.25) is 0 Å². The lowest BCUT2D eigenvalue weighted by Crippen LogP contribution is -2.33. The van der Waals surface area contributed by atoms with Crippen LogP contribution in [0.1, 0.15) is 23.8 Å². The first-order valence-electron chi connectivity index (χ1n) is 11.9. The first-order chi connectivity index (χ1) is 18.1. The molecule has 1 fully saturated rings. The van der Waals surface area contributed by atoms with E-state index < -0.39 is 0 Å². The van der Waals surface area contributed by atoms with Crippen LogP contribution in [-0.4, -0.2) is 59.2 Å². The van der Waals surface area contributed by atoms with Gasteiger partial charge in [-0.1, -0.05) is 0 Å². The molecule has 3 aromatic heterocycles.